The van der Waals surface area contributed by atoms with Gasteiger partial charge in [0.05, 0.1) is 0 Å². The monoisotopic (exact) mass is 155 g/mol. The number of nitrogens with one attached hydrogen (secondary N) is 1. The predicted octanol–water partition coefficient (Wildman–Crippen LogP) is 1.35. The van der Waals surface area contributed by atoms with E-state index in [-0.39, 0.29) is 5.92 Å². The van der Waals surface area contributed by atoms with E-state index >= 15 is 0 Å². The Morgan fingerprint density at radius 1 is 1.45 bits per heavy atom. The number of piperidine rings is 1. The fraction of sp³-hybridized carbons (Fsp3) is 0.778. The summed E-state index contributed by atoms with van der Waals surface area (Å²) in [5.74, 6) is 5.36. The van der Waals surface area contributed by atoms with Crippen LogP contribution in [-0.2, 0) is 0 Å². The maximum absolute atomic E-state index is 13.1. The zero-order valence-corrected chi connectivity index (χ0v) is 6.86. The van der Waals surface area contributed by atoms with Gasteiger partial charge in [0.1, 0.15) is 0 Å². The second kappa shape index (κ2) is 4.35. The van der Waals surface area contributed by atoms with Gasteiger partial charge in [0.15, 0.2) is 6.17 Å². The summed E-state index contributed by atoms with van der Waals surface area (Å²) < 4.78 is 13.1. The molecule has 0 radical (unpaired) electrons. The van der Waals surface area contributed by atoms with Crippen LogP contribution in [0.25, 0.3) is 0 Å². The van der Waals surface area contributed by atoms with Gasteiger partial charge in [-0.05, 0) is 32.9 Å². The van der Waals surface area contributed by atoms with Crippen LogP contribution in [0.5, 0.6) is 0 Å². The minimum Gasteiger partial charge on any atom is -0.317 e. The van der Waals surface area contributed by atoms with Gasteiger partial charge in [0.2, 0.25) is 0 Å². The maximum Gasteiger partial charge on any atom is 0.163 e. The third-order valence-corrected chi connectivity index (χ3v) is 2.08. The number of hydrogen-bond donors (Lipinski definition) is 1. The Labute approximate surface area is 67.4 Å². The maximum atomic E-state index is 13.1. The molecule has 0 bridgehead atoms. The molecule has 1 aliphatic rings. The van der Waals surface area contributed by atoms with Gasteiger partial charge < -0.3 is 5.32 Å². The standard InChI is InChI=1S/C9H14FN/c1-2-3-9(10)8-4-6-11-7-5-8/h8-9,11H,4-7H2,1H3. The Balaban J connectivity index is 2.36. The Morgan fingerprint density at radius 3 is 2.64 bits per heavy atom. The van der Waals surface area contributed by atoms with Gasteiger partial charge in [-0.15, -0.1) is 5.92 Å². The van der Waals surface area contributed by atoms with E-state index in [1.165, 1.54) is 0 Å². The van der Waals surface area contributed by atoms with Crippen LogP contribution in [-0.4, -0.2) is 19.3 Å². The summed E-state index contributed by atoms with van der Waals surface area (Å²) in [6.45, 7) is 3.57. The second-order valence-corrected chi connectivity index (χ2v) is 2.88. The second-order valence-electron chi connectivity index (χ2n) is 2.88. The Kier molecular flexibility index (Phi) is 3.38. The molecule has 2 heteroatoms. The fourth-order valence-electron chi connectivity index (χ4n) is 1.39. The SMILES string of the molecule is CC#CC(F)C1CCNCC1. The summed E-state index contributed by atoms with van der Waals surface area (Å²) in [6, 6.07) is 0. The molecule has 1 unspecified atom stereocenters. The summed E-state index contributed by atoms with van der Waals surface area (Å²) in [5, 5.41) is 3.20. The first-order valence-electron chi connectivity index (χ1n) is 4.11. The van der Waals surface area contributed by atoms with E-state index in [0.717, 1.165) is 25.9 Å². The van der Waals surface area contributed by atoms with Crippen LogP contribution in [0.1, 0.15) is 19.8 Å². The van der Waals surface area contributed by atoms with Crippen molar-refractivity contribution >= 4 is 0 Å². The quantitative estimate of drug-likeness (QED) is 0.563. The lowest BCUT2D eigenvalue weighted by Gasteiger charge is -2.22. The van der Waals surface area contributed by atoms with E-state index in [0.29, 0.717) is 0 Å². The van der Waals surface area contributed by atoms with Crippen LogP contribution < -0.4 is 5.32 Å². The highest BCUT2D eigenvalue weighted by molar-refractivity contribution is 5.04. The van der Waals surface area contributed by atoms with Gasteiger partial charge in [0.25, 0.3) is 0 Å². The van der Waals surface area contributed by atoms with Gasteiger partial charge >= 0.3 is 0 Å². The third kappa shape index (κ3) is 2.51. The Morgan fingerprint density at radius 2 is 2.09 bits per heavy atom. The zero-order chi connectivity index (χ0) is 8.10. The van der Waals surface area contributed by atoms with Crippen molar-refractivity contribution in [2.75, 3.05) is 13.1 Å². The molecule has 1 aliphatic heterocycles. The number of rotatable bonds is 1. The molecule has 1 nitrogen and oxygen atoms in total. The molecule has 1 atom stereocenters. The van der Waals surface area contributed by atoms with Crippen molar-refractivity contribution in [1.29, 1.82) is 0 Å². The highest BCUT2D eigenvalue weighted by Crippen LogP contribution is 2.18. The van der Waals surface area contributed by atoms with E-state index < -0.39 is 6.17 Å². The van der Waals surface area contributed by atoms with Crippen LogP contribution in [0.3, 0.4) is 0 Å². The first-order valence-corrected chi connectivity index (χ1v) is 4.11. The van der Waals surface area contributed by atoms with E-state index in [4.69, 9.17) is 0 Å². The van der Waals surface area contributed by atoms with E-state index in [1.54, 1.807) is 6.92 Å². The molecule has 1 rings (SSSR count). The molecule has 1 heterocycles. The van der Waals surface area contributed by atoms with Crippen LogP contribution in [0.15, 0.2) is 0 Å². The molecular formula is C9H14FN. The zero-order valence-electron chi connectivity index (χ0n) is 6.86. The van der Waals surface area contributed by atoms with E-state index in [9.17, 15) is 4.39 Å². The topological polar surface area (TPSA) is 12.0 Å². The van der Waals surface area contributed by atoms with Crippen LogP contribution in [0.2, 0.25) is 0 Å². The summed E-state index contributed by atoms with van der Waals surface area (Å²) in [7, 11) is 0. The largest absolute Gasteiger partial charge is 0.317 e. The summed E-state index contributed by atoms with van der Waals surface area (Å²) in [6.07, 6.45) is 0.952. The first kappa shape index (κ1) is 8.55. The molecule has 0 aromatic carbocycles. The summed E-state index contributed by atoms with van der Waals surface area (Å²) in [5.41, 5.74) is 0. The fourth-order valence-corrected chi connectivity index (χ4v) is 1.39. The molecule has 0 amide bonds. The lowest BCUT2D eigenvalue weighted by molar-refractivity contribution is 0.238. The summed E-state index contributed by atoms with van der Waals surface area (Å²) >= 11 is 0. The Hall–Kier alpha value is -0.550. The molecular weight excluding hydrogens is 141 g/mol. The molecule has 0 aromatic rings. The van der Waals surface area contributed by atoms with Crippen molar-refractivity contribution in [1.82, 2.24) is 5.32 Å². The van der Waals surface area contributed by atoms with Crippen molar-refractivity contribution in [3.63, 3.8) is 0 Å². The molecule has 0 aromatic heterocycles. The normalized spacial score (nSPS) is 22.0. The number of halogens is 1. The van der Waals surface area contributed by atoms with Crippen molar-refractivity contribution in [2.24, 2.45) is 5.92 Å². The lowest BCUT2D eigenvalue weighted by Crippen LogP contribution is -2.31. The van der Waals surface area contributed by atoms with E-state index in [2.05, 4.69) is 17.2 Å². The molecule has 11 heavy (non-hydrogen) atoms. The molecule has 1 saturated heterocycles. The molecule has 0 aliphatic carbocycles. The highest BCUT2D eigenvalue weighted by atomic mass is 19.1. The van der Waals surface area contributed by atoms with Crippen molar-refractivity contribution in [2.45, 2.75) is 25.9 Å². The predicted molar refractivity (Wildman–Crippen MR) is 43.9 cm³/mol. The van der Waals surface area contributed by atoms with Gasteiger partial charge in [-0.1, -0.05) is 5.92 Å². The first-order chi connectivity index (χ1) is 5.34. The van der Waals surface area contributed by atoms with Crippen LogP contribution >= 0.6 is 0 Å². The lowest BCUT2D eigenvalue weighted by atomic mass is 9.93. The number of alkyl halides is 1. The van der Waals surface area contributed by atoms with Crippen LogP contribution in [0.4, 0.5) is 4.39 Å². The minimum atomic E-state index is -0.901. The average Bonchev–Trinajstić information content (AvgIpc) is 2.07. The smallest absolute Gasteiger partial charge is 0.163 e. The van der Waals surface area contributed by atoms with Gasteiger partial charge in [-0.25, -0.2) is 4.39 Å². The van der Waals surface area contributed by atoms with Gasteiger partial charge in [0, 0.05) is 5.92 Å². The van der Waals surface area contributed by atoms with Crippen LogP contribution in [0, 0.1) is 17.8 Å². The third-order valence-electron chi connectivity index (χ3n) is 2.08. The van der Waals surface area contributed by atoms with Crippen molar-refractivity contribution < 1.29 is 4.39 Å². The molecule has 0 saturated carbocycles. The van der Waals surface area contributed by atoms with Crippen molar-refractivity contribution in [3.8, 4) is 11.8 Å². The average molecular weight is 155 g/mol. The molecule has 1 fully saturated rings. The highest BCUT2D eigenvalue weighted by Gasteiger charge is 2.20. The molecule has 1 N–H and O–H groups in total. The van der Waals surface area contributed by atoms with Crippen molar-refractivity contribution in [3.05, 3.63) is 0 Å². The summed E-state index contributed by atoms with van der Waals surface area (Å²) in [4.78, 5) is 0. The Bertz CT molecular complexity index is 162. The minimum absolute atomic E-state index is 0.170. The number of hydrogen-bond acceptors (Lipinski definition) is 1. The van der Waals surface area contributed by atoms with Gasteiger partial charge in [-0.2, -0.15) is 0 Å². The van der Waals surface area contributed by atoms with E-state index in [1.807, 2.05) is 0 Å². The molecule has 0 spiro atoms. The molecule has 62 valence electrons. The van der Waals surface area contributed by atoms with Gasteiger partial charge in [-0.3, -0.25) is 0 Å².